The number of nitrogens with one attached hydrogen (secondary N) is 1. The largest absolute Gasteiger partial charge is 0.497 e. The zero-order valence-corrected chi connectivity index (χ0v) is 16.8. The van der Waals surface area contributed by atoms with Crippen molar-refractivity contribution in [1.29, 1.82) is 0 Å². The molecule has 1 saturated heterocycles. The number of nitrogens with zero attached hydrogens (tertiary/aromatic N) is 2. The van der Waals surface area contributed by atoms with E-state index < -0.39 is 0 Å². The van der Waals surface area contributed by atoms with Gasteiger partial charge in [0.15, 0.2) is 5.13 Å². The SMILES string of the molecule is COc1cccc(CCNC(=O)C2CN(c3nc4c(OC)cccc4s3)C2)c1. The summed E-state index contributed by atoms with van der Waals surface area (Å²) in [6, 6.07) is 13.9. The van der Waals surface area contributed by atoms with Crippen LogP contribution in [0.2, 0.25) is 0 Å². The van der Waals surface area contributed by atoms with Crippen LogP contribution >= 0.6 is 11.3 Å². The van der Waals surface area contributed by atoms with Gasteiger partial charge >= 0.3 is 0 Å². The molecule has 7 heteroatoms. The molecule has 6 nitrogen and oxygen atoms in total. The van der Waals surface area contributed by atoms with Crippen LogP contribution in [0.5, 0.6) is 11.5 Å². The molecule has 0 aliphatic carbocycles. The van der Waals surface area contributed by atoms with Crippen molar-refractivity contribution in [2.75, 3.05) is 38.8 Å². The topological polar surface area (TPSA) is 63.7 Å². The van der Waals surface area contributed by atoms with E-state index in [2.05, 4.69) is 10.2 Å². The smallest absolute Gasteiger partial charge is 0.226 e. The Morgan fingerprint density at radius 2 is 2.04 bits per heavy atom. The fourth-order valence-corrected chi connectivity index (χ4v) is 4.32. The molecule has 1 aliphatic heterocycles. The number of hydrogen-bond acceptors (Lipinski definition) is 6. The zero-order chi connectivity index (χ0) is 19.5. The van der Waals surface area contributed by atoms with E-state index in [1.165, 1.54) is 0 Å². The minimum Gasteiger partial charge on any atom is -0.497 e. The van der Waals surface area contributed by atoms with Crippen molar-refractivity contribution < 1.29 is 14.3 Å². The minimum absolute atomic E-state index is 0.0132. The van der Waals surface area contributed by atoms with Crippen molar-refractivity contribution in [3.63, 3.8) is 0 Å². The van der Waals surface area contributed by atoms with E-state index in [1.807, 2.05) is 42.5 Å². The van der Waals surface area contributed by atoms with Gasteiger partial charge in [0, 0.05) is 19.6 Å². The summed E-state index contributed by atoms with van der Waals surface area (Å²) in [5.41, 5.74) is 2.04. The van der Waals surface area contributed by atoms with Gasteiger partial charge in [-0.05, 0) is 36.2 Å². The first kappa shape index (κ1) is 18.6. The molecule has 1 aliphatic rings. The van der Waals surface area contributed by atoms with Gasteiger partial charge in [-0.25, -0.2) is 4.98 Å². The molecule has 0 atom stereocenters. The molecule has 0 bridgehead atoms. The Labute approximate surface area is 168 Å². The van der Waals surface area contributed by atoms with Crippen molar-refractivity contribution in [3.8, 4) is 11.5 Å². The number of hydrogen-bond donors (Lipinski definition) is 1. The summed E-state index contributed by atoms with van der Waals surface area (Å²) in [5.74, 6) is 1.75. The first-order valence-electron chi connectivity index (χ1n) is 9.27. The Balaban J connectivity index is 1.28. The number of para-hydroxylation sites is 1. The summed E-state index contributed by atoms with van der Waals surface area (Å²) < 4.78 is 11.7. The normalized spacial score (nSPS) is 14.0. The highest BCUT2D eigenvalue weighted by atomic mass is 32.1. The number of anilines is 1. The van der Waals surface area contributed by atoms with Gasteiger partial charge in [-0.2, -0.15) is 0 Å². The first-order valence-corrected chi connectivity index (χ1v) is 10.1. The summed E-state index contributed by atoms with van der Waals surface area (Å²) >= 11 is 1.63. The molecule has 1 amide bonds. The summed E-state index contributed by atoms with van der Waals surface area (Å²) in [7, 11) is 3.31. The summed E-state index contributed by atoms with van der Waals surface area (Å²) in [6.45, 7) is 2.03. The average molecular weight is 398 g/mol. The molecule has 1 aromatic heterocycles. The maximum atomic E-state index is 12.4. The van der Waals surface area contributed by atoms with Gasteiger partial charge in [-0.1, -0.05) is 29.5 Å². The molecule has 0 radical (unpaired) electrons. The summed E-state index contributed by atoms with van der Waals surface area (Å²) in [6.07, 6.45) is 0.789. The average Bonchev–Trinajstić information content (AvgIpc) is 3.10. The number of benzene rings is 2. The fraction of sp³-hybridized carbons (Fsp3) is 0.333. The van der Waals surface area contributed by atoms with Gasteiger partial charge in [0.1, 0.15) is 17.0 Å². The highest BCUT2D eigenvalue weighted by Gasteiger charge is 2.34. The third-order valence-electron chi connectivity index (χ3n) is 4.96. The lowest BCUT2D eigenvalue weighted by Crippen LogP contribution is -2.54. The van der Waals surface area contributed by atoms with Crippen LogP contribution in [0.3, 0.4) is 0 Å². The van der Waals surface area contributed by atoms with E-state index in [9.17, 15) is 4.79 Å². The maximum Gasteiger partial charge on any atom is 0.226 e. The van der Waals surface area contributed by atoms with Gasteiger partial charge in [-0.3, -0.25) is 4.79 Å². The van der Waals surface area contributed by atoms with E-state index >= 15 is 0 Å². The third kappa shape index (κ3) is 3.75. The summed E-state index contributed by atoms with van der Waals surface area (Å²) in [4.78, 5) is 19.2. The van der Waals surface area contributed by atoms with E-state index in [0.717, 1.165) is 38.8 Å². The van der Waals surface area contributed by atoms with E-state index in [1.54, 1.807) is 25.6 Å². The van der Waals surface area contributed by atoms with Gasteiger partial charge < -0.3 is 19.7 Å². The van der Waals surface area contributed by atoms with Gasteiger partial charge in [0.25, 0.3) is 0 Å². The van der Waals surface area contributed by atoms with Crippen molar-refractivity contribution in [2.45, 2.75) is 6.42 Å². The monoisotopic (exact) mass is 397 g/mol. The fourth-order valence-electron chi connectivity index (χ4n) is 3.31. The second-order valence-corrected chi connectivity index (χ2v) is 7.81. The Morgan fingerprint density at radius 3 is 2.82 bits per heavy atom. The van der Waals surface area contributed by atoms with Crippen LogP contribution in [0.4, 0.5) is 5.13 Å². The number of carbonyl (C=O) groups excluding carboxylic acids is 1. The number of fused-ring (bicyclic) bond motifs is 1. The molecule has 2 heterocycles. The van der Waals surface area contributed by atoms with Crippen LogP contribution in [0.25, 0.3) is 10.2 Å². The minimum atomic E-state index is 0.0132. The molecule has 146 valence electrons. The highest BCUT2D eigenvalue weighted by Crippen LogP contribution is 2.36. The Hall–Kier alpha value is -2.80. The quantitative estimate of drug-likeness (QED) is 0.664. The molecule has 0 saturated carbocycles. The van der Waals surface area contributed by atoms with Crippen molar-refractivity contribution in [2.24, 2.45) is 5.92 Å². The van der Waals surface area contributed by atoms with Gasteiger partial charge in [-0.15, -0.1) is 0 Å². The van der Waals surface area contributed by atoms with Crippen LogP contribution in [0.1, 0.15) is 5.56 Å². The molecule has 2 aromatic carbocycles. The predicted molar refractivity (Wildman–Crippen MR) is 112 cm³/mol. The Bertz CT molecular complexity index is 982. The lowest BCUT2D eigenvalue weighted by molar-refractivity contribution is -0.125. The lowest BCUT2D eigenvalue weighted by atomic mass is 10.00. The van der Waals surface area contributed by atoms with E-state index in [-0.39, 0.29) is 11.8 Å². The van der Waals surface area contributed by atoms with Gasteiger partial charge in [0.05, 0.1) is 24.8 Å². The number of ether oxygens (including phenoxy) is 2. The number of methoxy groups -OCH3 is 2. The standard InChI is InChI=1S/C21H23N3O3S/c1-26-16-6-3-5-14(11-16)9-10-22-20(25)15-12-24(13-15)21-23-19-17(27-2)7-4-8-18(19)28-21/h3-8,11,15H,9-10,12-13H2,1-2H3,(H,22,25). The second-order valence-electron chi connectivity index (χ2n) is 6.80. The van der Waals surface area contributed by atoms with E-state index in [4.69, 9.17) is 14.5 Å². The maximum absolute atomic E-state index is 12.4. The number of carbonyl (C=O) groups is 1. The molecule has 28 heavy (non-hydrogen) atoms. The first-order chi connectivity index (χ1) is 13.7. The zero-order valence-electron chi connectivity index (χ0n) is 16.0. The number of aromatic nitrogens is 1. The van der Waals surface area contributed by atoms with E-state index in [0.29, 0.717) is 19.6 Å². The Kier molecular flexibility index (Phi) is 5.34. The third-order valence-corrected chi connectivity index (χ3v) is 6.04. The lowest BCUT2D eigenvalue weighted by Gasteiger charge is -2.37. The molecule has 1 fully saturated rings. The van der Waals surface area contributed by atoms with Gasteiger partial charge in [0.2, 0.25) is 5.91 Å². The number of thiazole rings is 1. The number of amides is 1. The van der Waals surface area contributed by atoms with Crippen LogP contribution in [0, 0.1) is 5.92 Å². The summed E-state index contributed by atoms with van der Waals surface area (Å²) in [5, 5.41) is 3.99. The van der Waals surface area contributed by atoms with Crippen LogP contribution in [0.15, 0.2) is 42.5 Å². The highest BCUT2D eigenvalue weighted by molar-refractivity contribution is 7.22. The predicted octanol–water partition coefficient (Wildman–Crippen LogP) is 3.11. The van der Waals surface area contributed by atoms with Crippen molar-refractivity contribution in [1.82, 2.24) is 10.3 Å². The van der Waals surface area contributed by atoms with Crippen molar-refractivity contribution in [3.05, 3.63) is 48.0 Å². The van der Waals surface area contributed by atoms with Crippen LogP contribution in [-0.4, -0.2) is 44.7 Å². The van der Waals surface area contributed by atoms with Crippen LogP contribution < -0.4 is 19.7 Å². The molecular formula is C21H23N3O3S. The molecule has 0 spiro atoms. The second kappa shape index (κ2) is 8.06. The molecule has 3 aromatic rings. The van der Waals surface area contributed by atoms with Crippen LogP contribution in [-0.2, 0) is 11.2 Å². The molecule has 1 N–H and O–H groups in total. The molecule has 4 rings (SSSR count). The molecular weight excluding hydrogens is 374 g/mol. The molecule has 0 unspecified atom stereocenters. The Morgan fingerprint density at radius 1 is 1.21 bits per heavy atom. The number of rotatable bonds is 7. The van der Waals surface area contributed by atoms with Crippen molar-refractivity contribution >= 4 is 32.6 Å².